The lowest BCUT2D eigenvalue weighted by atomic mass is 9.92. The molecule has 4 rings (SSSR count). The van der Waals surface area contributed by atoms with Crippen molar-refractivity contribution >= 4 is 11.6 Å². The van der Waals surface area contributed by atoms with E-state index in [1.165, 1.54) is 23.7 Å². The van der Waals surface area contributed by atoms with Gasteiger partial charge < -0.3 is 19.6 Å². The van der Waals surface area contributed by atoms with Gasteiger partial charge in [0.05, 0.1) is 12.1 Å². The Bertz CT molecular complexity index is 775. The number of nitrogens with zero attached hydrogens (tertiary/aromatic N) is 6. The van der Waals surface area contributed by atoms with Gasteiger partial charge in [0, 0.05) is 19.2 Å². The minimum atomic E-state index is -0.822. The molecule has 2 aliphatic rings. The molecule has 0 bridgehead atoms. The van der Waals surface area contributed by atoms with Crippen molar-refractivity contribution in [2.45, 2.75) is 31.3 Å². The van der Waals surface area contributed by atoms with Crippen molar-refractivity contribution in [2.75, 3.05) is 39.3 Å². The molecule has 0 saturated carbocycles. The highest BCUT2D eigenvalue weighted by Crippen LogP contribution is 2.24. The van der Waals surface area contributed by atoms with Crippen molar-refractivity contribution in [1.82, 2.24) is 29.6 Å². The number of piperidine rings is 1. The first-order valence-corrected chi connectivity index (χ1v) is 9.14. The summed E-state index contributed by atoms with van der Waals surface area (Å²) < 4.78 is 7.02. The lowest BCUT2D eigenvalue weighted by molar-refractivity contribution is -0.141. The Hall–Kier alpha value is -2.26. The molecule has 9 heteroatoms. The van der Waals surface area contributed by atoms with Crippen molar-refractivity contribution in [3.05, 3.63) is 18.5 Å². The second-order valence-corrected chi connectivity index (χ2v) is 7.22. The number of amides is 1. The van der Waals surface area contributed by atoms with Crippen LogP contribution in [0.25, 0.3) is 5.65 Å². The monoisotopic (exact) mass is 360 g/mol. The van der Waals surface area contributed by atoms with Gasteiger partial charge in [0.1, 0.15) is 6.33 Å². The maximum atomic E-state index is 12.5. The molecule has 140 valence electrons. The predicted molar refractivity (Wildman–Crippen MR) is 92.7 cm³/mol. The lowest BCUT2D eigenvalue weighted by Gasteiger charge is -2.41. The first-order valence-electron chi connectivity index (χ1n) is 9.14. The zero-order chi connectivity index (χ0) is 18.0. The summed E-state index contributed by atoms with van der Waals surface area (Å²) in [6, 6.07) is 3.40. The smallest absolute Gasteiger partial charge is 0.260 e. The second kappa shape index (κ2) is 7.16. The zero-order valence-corrected chi connectivity index (χ0v) is 14.8. The van der Waals surface area contributed by atoms with E-state index in [1.54, 1.807) is 17.0 Å². The molecule has 0 aliphatic carbocycles. The first kappa shape index (κ1) is 17.2. The lowest BCUT2D eigenvalue weighted by Crippen LogP contribution is -2.56. The van der Waals surface area contributed by atoms with Crippen LogP contribution >= 0.6 is 0 Å². The van der Waals surface area contributed by atoms with E-state index in [0.29, 0.717) is 31.2 Å². The predicted octanol–water partition coefficient (Wildman–Crippen LogP) is -0.0476. The van der Waals surface area contributed by atoms with E-state index >= 15 is 0 Å². The molecule has 0 radical (unpaired) electrons. The number of rotatable bonds is 5. The molecule has 0 spiro atoms. The molecule has 9 nitrogen and oxygen atoms in total. The summed E-state index contributed by atoms with van der Waals surface area (Å²) in [4.78, 5) is 16.5. The average Bonchev–Trinajstić information content (AvgIpc) is 3.30. The SMILES string of the molecule is O=C(COc1ccc2nncn2n1)N1CCC[C@@](O)(CN2CCCC2)C1. The van der Waals surface area contributed by atoms with Gasteiger partial charge >= 0.3 is 0 Å². The molecule has 1 atom stereocenters. The molecule has 1 amide bonds. The highest BCUT2D eigenvalue weighted by Gasteiger charge is 2.37. The standard InChI is InChI=1S/C17H24N6O3/c24-16(10-26-15-5-4-14-19-18-13-23(14)20-15)22-9-3-6-17(25,12-22)11-21-7-1-2-8-21/h4-5,13,25H,1-3,6-12H2/t17-/m1/s1. The van der Waals surface area contributed by atoms with E-state index in [0.717, 1.165) is 25.9 Å². The normalized spacial score (nSPS) is 24.3. The van der Waals surface area contributed by atoms with Gasteiger partial charge in [0.25, 0.3) is 5.91 Å². The zero-order valence-electron chi connectivity index (χ0n) is 14.8. The molecule has 0 aromatic carbocycles. The maximum absolute atomic E-state index is 12.5. The molecule has 0 unspecified atom stereocenters. The molecule has 2 saturated heterocycles. The van der Waals surface area contributed by atoms with E-state index in [-0.39, 0.29) is 12.5 Å². The number of aromatic nitrogens is 4. The first-order chi connectivity index (χ1) is 12.6. The topological polar surface area (TPSA) is 96.1 Å². The summed E-state index contributed by atoms with van der Waals surface area (Å²) in [7, 11) is 0. The highest BCUT2D eigenvalue weighted by atomic mass is 16.5. The van der Waals surface area contributed by atoms with Gasteiger partial charge in [-0.1, -0.05) is 0 Å². The van der Waals surface area contributed by atoms with Crippen LogP contribution in [0.3, 0.4) is 0 Å². The van der Waals surface area contributed by atoms with E-state index in [9.17, 15) is 9.90 Å². The molecular formula is C17H24N6O3. The van der Waals surface area contributed by atoms with Crippen LogP contribution in [-0.2, 0) is 4.79 Å². The Labute approximate surface area is 151 Å². The second-order valence-electron chi connectivity index (χ2n) is 7.22. The van der Waals surface area contributed by atoms with Crippen molar-refractivity contribution < 1.29 is 14.6 Å². The summed E-state index contributed by atoms with van der Waals surface area (Å²) in [6.07, 6.45) is 5.40. The molecular weight excluding hydrogens is 336 g/mol. The molecule has 2 aliphatic heterocycles. The van der Waals surface area contributed by atoms with E-state index in [1.807, 2.05) is 0 Å². The van der Waals surface area contributed by atoms with Gasteiger partial charge in [-0.2, -0.15) is 4.52 Å². The number of fused-ring (bicyclic) bond motifs is 1. The summed E-state index contributed by atoms with van der Waals surface area (Å²) in [6.45, 7) is 3.64. The maximum Gasteiger partial charge on any atom is 0.260 e. The minimum Gasteiger partial charge on any atom is -0.467 e. The molecule has 2 aromatic rings. The fourth-order valence-electron chi connectivity index (χ4n) is 3.83. The van der Waals surface area contributed by atoms with Crippen LogP contribution in [0.4, 0.5) is 0 Å². The van der Waals surface area contributed by atoms with Crippen molar-refractivity contribution in [3.63, 3.8) is 0 Å². The number of hydrogen-bond acceptors (Lipinski definition) is 7. The van der Waals surface area contributed by atoms with Crippen LogP contribution in [-0.4, -0.2) is 85.6 Å². The molecule has 1 N–H and O–H groups in total. The number of hydrogen-bond donors (Lipinski definition) is 1. The van der Waals surface area contributed by atoms with Gasteiger partial charge in [-0.25, -0.2) is 0 Å². The van der Waals surface area contributed by atoms with Crippen molar-refractivity contribution in [2.24, 2.45) is 0 Å². The van der Waals surface area contributed by atoms with E-state index in [2.05, 4.69) is 20.2 Å². The largest absolute Gasteiger partial charge is 0.467 e. The Kier molecular flexibility index (Phi) is 4.73. The third-order valence-electron chi connectivity index (χ3n) is 5.11. The van der Waals surface area contributed by atoms with Crippen LogP contribution in [0.1, 0.15) is 25.7 Å². The number of likely N-dealkylation sites (tertiary alicyclic amines) is 2. The number of aliphatic hydroxyl groups is 1. The fraction of sp³-hybridized carbons (Fsp3) is 0.647. The van der Waals surface area contributed by atoms with Crippen LogP contribution in [0.2, 0.25) is 0 Å². The number of carbonyl (C=O) groups excluding carboxylic acids is 1. The summed E-state index contributed by atoms with van der Waals surface area (Å²) in [5.74, 6) is 0.213. The van der Waals surface area contributed by atoms with E-state index in [4.69, 9.17) is 4.74 Å². The Morgan fingerprint density at radius 3 is 2.92 bits per heavy atom. The molecule has 2 fully saturated rings. The van der Waals surface area contributed by atoms with Gasteiger partial charge in [-0.05, 0) is 44.8 Å². The van der Waals surface area contributed by atoms with Gasteiger partial charge in [0.2, 0.25) is 5.88 Å². The van der Waals surface area contributed by atoms with Crippen LogP contribution in [0.15, 0.2) is 18.5 Å². The average molecular weight is 360 g/mol. The van der Waals surface area contributed by atoms with Crippen LogP contribution in [0, 0.1) is 0 Å². The minimum absolute atomic E-state index is 0.0968. The van der Waals surface area contributed by atoms with Gasteiger partial charge in [-0.15, -0.1) is 15.3 Å². The fourth-order valence-corrected chi connectivity index (χ4v) is 3.83. The summed E-state index contributed by atoms with van der Waals surface area (Å²) >= 11 is 0. The van der Waals surface area contributed by atoms with Gasteiger partial charge in [0.15, 0.2) is 12.3 Å². The molecule has 26 heavy (non-hydrogen) atoms. The van der Waals surface area contributed by atoms with E-state index < -0.39 is 5.60 Å². The summed E-state index contributed by atoms with van der Waals surface area (Å²) in [5.41, 5.74) is -0.204. The number of ether oxygens (including phenoxy) is 1. The quantitative estimate of drug-likeness (QED) is 0.799. The molecule has 2 aromatic heterocycles. The Balaban J connectivity index is 1.33. The van der Waals surface area contributed by atoms with Crippen LogP contribution < -0.4 is 4.74 Å². The Morgan fingerprint density at radius 1 is 1.23 bits per heavy atom. The van der Waals surface area contributed by atoms with Crippen molar-refractivity contribution in [1.29, 1.82) is 0 Å². The molecule has 4 heterocycles. The number of carbonyl (C=O) groups is 1. The third-order valence-corrected chi connectivity index (χ3v) is 5.11. The van der Waals surface area contributed by atoms with Gasteiger partial charge in [-0.3, -0.25) is 4.79 Å². The Morgan fingerprint density at radius 2 is 2.08 bits per heavy atom. The summed E-state index contributed by atoms with van der Waals surface area (Å²) in [5, 5.41) is 22.7. The highest BCUT2D eigenvalue weighted by molar-refractivity contribution is 5.78. The third kappa shape index (κ3) is 3.78. The van der Waals surface area contributed by atoms with Crippen LogP contribution in [0.5, 0.6) is 5.88 Å². The van der Waals surface area contributed by atoms with Crippen molar-refractivity contribution in [3.8, 4) is 5.88 Å². The number of β-amino-alcohol motifs (C(OH)–C–C–N with tert-alkyl or cyclic N) is 1.